The lowest BCUT2D eigenvalue weighted by Crippen LogP contribution is -2.15. The van der Waals surface area contributed by atoms with Crippen molar-refractivity contribution < 1.29 is 4.39 Å². The monoisotopic (exact) mass is 512 g/mol. The van der Waals surface area contributed by atoms with E-state index in [1.165, 1.54) is 96.3 Å². The van der Waals surface area contributed by atoms with Gasteiger partial charge in [-0.2, -0.15) is 0 Å². The third-order valence-electron chi connectivity index (χ3n) is 5.59. The number of alkyl halides is 3. The van der Waals surface area contributed by atoms with Crippen molar-refractivity contribution in [3.05, 3.63) is 0 Å². The Kier molecular flexibility index (Phi) is 22.3. The van der Waals surface area contributed by atoms with Crippen molar-refractivity contribution in [2.45, 2.75) is 152 Å². The van der Waals surface area contributed by atoms with E-state index in [1.807, 2.05) is 0 Å². The van der Waals surface area contributed by atoms with Crippen LogP contribution in [0, 0.1) is 0 Å². The summed E-state index contributed by atoms with van der Waals surface area (Å²) in [5.74, 6) is 0. The molecule has 0 bridgehead atoms. The molecule has 0 radical (unpaired) electrons. The van der Waals surface area contributed by atoms with Gasteiger partial charge in [-0.05, 0) is 25.7 Å². The normalized spacial score (nSPS) is 15.0. The third kappa shape index (κ3) is 20.0. The highest BCUT2D eigenvalue weighted by Gasteiger charge is 2.17. The van der Waals surface area contributed by atoms with Crippen LogP contribution in [0.2, 0.25) is 0 Å². The molecule has 27 heavy (non-hydrogen) atoms. The minimum absolute atomic E-state index is 0.0697. The van der Waals surface area contributed by atoms with Gasteiger partial charge in [0.1, 0.15) is 6.17 Å². The fourth-order valence-corrected chi connectivity index (χ4v) is 4.89. The molecule has 164 valence electrons. The van der Waals surface area contributed by atoms with Crippen molar-refractivity contribution in [2.24, 2.45) is 0 Å². The second-order valence-electron chi connectivity index (χ2n) is 8.38. The Morgan fingerprint density at radius 2 is 0.889 bits per heavy atom. The molecule has 3 unspecified atom stereocenters. The minimum Gasteiger partial charge on any atom is -0.246 e. The van der Waals surface area contributed by atoms with Crippen molar-refractivity contribution in [2.75, 3.05) is 0 Å². The topological polar surface area (TPSA) is 0 Å². The first-order valence-electron chi connectivity index (χ1n) is 12.0. The largest absolute Gasteiger partial charge is 0.246 e. The fraction of sp³-hybridized carbons (Fsp3) is 1.00. The highest BCUT2D eigenvalue weighted by molar-refractivity contribution is 9.09. The van der Waals surface area contributed by atoms with Crippen LogP contribution in [-0.2, 0) is 0 Å². The van der Waals surface area contributed by atoms with Crippen LogP contribution in [0.15, 0.2) is 0 Å². The SMILES string of the molecule is CCCCCCCCC(Br)CCCCCCC(Br)C(F)CCCCCCC. The molecule has 0 aliphatic heterocycles. The molecular weight excluding hydrogens is 467 g/mol. The molecule has 0 saturated carbocycles. The summed E-state index contributed by atoms with van der Waals surface area (Å²) in [5, 5.41) is 0. The summed E-state index contributed by atoms with van der Waals surface area (Å²) < 4.78 is 14.1. The number of hydrogen-bond acceptors (Lipinski definition) is 0. The van der Waals surface area contributed by atoms with Gasteiger partial charge in [-0.1, -0.05) is 142 Å². The van der Waals surface area contributed by atoms with Crippen LogP contribution < -0.4 is 0 Å². The third-order valence-corrected chi connectivity index (χ3v) is 7.54. The van der Waals surface area contributed by atoms with E-state index in [9.17, 15) is 4.39 Å². The van der Waals surface area contributed by atoms with Crippen LogP contribution in [0.25, 0.3) is 0 Å². The Bertz CT molecular complexity index is 286. The molecule has 0 aromatic rings. The molecule has 0 aliphatic carbocycles. The molecule has 0 fully saturated rings. The molecule has 0 heterocycles. The number of halogens is 3. The first-order valence-corrected chi connectivity index (χ1v) is 13.9. The van der Waals surface area contributed by atoms with Gasteiger partial charge in [0.05, 0.1) is 0 Å². The van der Waals surface area contributed by atoms with Gasteiger partial charge in [-0.15, -0.1) is 0 Å². The molecule has 0 amide bonds. The molecule has 0 saturated heterocycles. The lowest BCUT2D eigenvalue weighted by molar-refractivity contribution is 0.290. The number of rotatable bonds is 21. The standard InChI is InChI=1S/C24H47Br2F/c1-3-5-7-9-11-14-18-22(25)19-15-12-13-16-20-23(26)24(27)21-17-10-8-6-4-2/h22-24H,3-21H2,1-2H3. The maximum absolute atomic E-state index is 14.1. The zero-order valence-electron chi connectivity index (χ0n) is 18.3. The van der Waals surface area contributed by atoms with Crippen molar-refractivity contribution in [1.29, 1.82) is 0 Å². The number of hydrogen-bond donors (Lipinski definition) is 0. The summed E-state index contributed by atoms with van der Waals surface area (Å²) in [6, 6.07) is 0. The van der Waals surface area contributed by atoms with E-state index in [2.05, 4.69) is 45.7 Å². The van der Waals surface area contributed by atoms with Gasteiger partial charge in [0.2, 0.25) is 0 Å². The molecule has 0 aliphatic rings. The minimum atomic E-state index is -0.657. The Hall–Kier alpha value is 0.890. The van der Waals surface area contributed by atoms with E-state index >= 15 is 0 Å². The van der Waals surface area contributed by atoms with Crippen molar-refractivity contribution in [3.8, 4) is 0 Å². The lowest BCUT2D eigenvalue weighted by atomic mass is 10.0. The molecule has 3 heteroatoms. The predicted molar refractivity (Wildman–Crippen MR) is 129 cm³/mol. The molecule has 0 aromatic heterocycles. The molecular formula is C24H47Br2F. The zero-order valence-corrected chi connectivity index (χ0v) is 21.5. The van der Waals surface area contributed by atoms with Crippen molar-refractivity contribution in [3.63, 3.8) is 0 Å². The highest BCUT2D eigenvalue weighted by Crippen LogP contribution is 2.23. The average molecular weight is 514 g/mol. The van der Waals surface area contributed by atoms with E-state index in [0.29, 0.717) is 4.83 Å². The average Bonchev–Trinajstić information content (AvgIpc) is 2.66. The van der Waals surface area contributed by atoms with Gasteiger partial charge in [-0.3, -0.25) is 0 Å². The molecule has 0 nitrogen and oxygen atoms in total. The molecule has 0 aromatic carbocycles. The van der Waals surface area contributed by atoms with Crippen LogP contribution in [0.1, 0.15) is 136 Å². The second-order valence-corrected chi connectivity index (χ2v) is 10.9. The Morgan fingerprint density at radius 3 is 1.37 bits per heavy atom. The summed E-state index contributed by atoms with van der Waals surface area (Å²) in [7, 11) is 0. The second kappa shape index (κ2) is 21.6. The summed E-state index contributed by atoms with van der Waals surface area (Å²) in [6.45, 7) is 4.50. The van der Waals surface area contributed by atoms with Crippen LogP contribution in [-0.4, -0.2) is 15.8 Å². The number of unbranched alkanes of at least 4 members (excludes halogenated alkanes) is 12. The summed E-state index contributed by atoms with van der Waals surface area (Å²) in [4.78, 5) is 0.774. The van der Waals surface area contributed by atoms with Gasteiger partial charge < -0.3 is 0 Å². The first kappa shape index (κ1) is 27.9. The Morgan fingerprint density at radius 1 is 0.519 bits per heavy atom. The van der Waals surface area contributed by atoms with E-state index < -0.39 is 6.17 Å². The summed E-state index contributed by atoms with van der Waals surface area (Å²) in [5.41, 5.74) is 0. The van der Waals surface area contributed by atoms with Gasteiger partial charge in [0.15, 0.2) is 0 Å². The smallest absolute Gasteiger partial charge is 0.113 e. The van der Waals surface area contributed by atoms with Crippen LogP contribution in [0.4, 0.5) is 4.39 Å². The quantitative estimate of drug-likeness (QED) is 0.106. The van der Waals surface area contributed by atoms with Gasteiger partial charge in [-0.25, -0.2) is 4.39 Å². The van der Waals surface area contributed by atoms with Crippen LogP contribution >= 0.6 is 31.9 Å². The molecule has 0 spiro atoms. The molecule has 3 atom stereocenters. The lowest BCUT2D eigenvalue weighted by Gasteiger charge is -2.15. The van der Waals surface area contributed by atoms with Gasteiger partial charge >= 0.3 is 0 Å². The predicted octanol–water partition coefficient (Wildman–Crippen LogP) is 10.3. The highest BCUT2D eigenvalue weighted by atomic mass is 79.9. The maximum Gasteiger partial charge on any atom is 0.113 e. The Labute approximate surface area is 187 Å². The maximum atomic E-state index is 14.1. The Balaban J connectivity index is 3.40. The molecule has 0 N–H and O–H groups in total. The summed E-state index contributed by atoms with van der Waals surface area (Å²) in [6.07, 6.45) is 23.1. The van der Waals surface area contributed by atoms with Gasteiger partial charge in [0, 0.05) is 9.65 Å². The van der Waals surface area contributed by atoms with E-state index in [1.54, 1.807) is 0 Å². The molecule has 0 rings (SSSR count). The van der Waals surface area contributed by atoms with Crippen LogP contribution in [0.5, 0.6) is 0 Å². The van der Waals surface area contributed by atoms with Gasteiger partial charge in [0.25, 0.3) is 0 Å². The van der Waals surface area contributed by atoms with E-state index in [-0.39, 0.29) is 4.83 Å². The summed E-state index contributed by atoms with van der Waals surface area (Å²) >= 11 is 7.44. The zero-order chi connectivity index (χ0) is 20.2. The first-order chi connectivity index (χ1) is 13.1. The van der Waals surface area contributed by atoms with E-state index in [0.717, 1.165) is 25.7 Å². The van der Waals surface area contributed by atoms with E-state index in [4.69, 9.17) is 0 Å². The van der Waals surface area contributed by atoms with Crippen molar-refractivity contribution >= 4 is 31.9 Å². The fourth-order valence-electron chi connectivity index (χ4n) is 3.65. The van der Waals surface area contributed by atoms with Crippen LogP contribution in [0.3, 0.4) is 0 Å². The van der Waals surface area contributed by atoms with Crippen molar-refractivity contribution in [1.82, 2.24) is 0 Å².